The molecular weight excluding hydrogens is 318 g/mol. The summed E-state index contributed by atoms with van der Waals surface area (Å²) >= 11 is 5.43. The molecule has 13 heavy (non-hydrogen) atoms. The normalized spacial score (nSPS) is 11.0. The van der Waals surface area contributed by atoms with Gasteiger partial charge in [-0.15, -0.1) is 23.1 Å². The summed E-state index contributed by atoms with van der Waals surface area (Å²) in [6, 6.07) is 5.53. The SMILES string of the molecule is CSc1cc2cc(F)c(I)cc2s1. The maximum atomic E-state index is 13.2. The second-order valence-electron chi connectivity index (χ2n) is 2.57. The molecule has 2 aromatic rings. The summed E-state index contributed by atoms with van der Waals surface area (Å²) in [5, 5.41) is 1.01. The Hall–Kier alpha value is 0.190. The van der Waals surface area contributed by atoms with E-state index in [1.165, 1.54) is 4.21 Å². The predicted molar refractivity (Wildman–Crippen MR) is 66.3 cm³/mol. The van der Waals surface area contributed by atoms with Crippen LogP contribution in [0.1, 0.15) is 0 Å². The van der Waals surface area contributed by atoms with Crippen LogP contribution in [-0.2, 0) is 0 Å². The molecule has 0 N–H and O–H groups in total. The van der Waals surface area contributed by atoms with Crippen LogP contribution in [0.25, 0.3) is 10.1 Å². The van der Waals surface area contributed by atoms with Gasteiger partial charge in [0.15, 0.2) is 0 Å². The van der Waals surface area contributed by atoms with E-state index in [9.17, 15) is 4.39 Å². The van der Waals surface area contributed by atoms with E-state index in [1.807, 2.05) is 41.0 Å². The van der Waals surface area contributed by atoms with Crippen LogP contribution in [0.5, 0.6) is 0 Å². The quantitative estimate of drug-likeness (QED) is 0.555. The number of thioether (sulfide) groups is 1. The lowest BCUT2D eigenvalue weighted by atomic mass is 10.3. The second-order valence-corrected chi connectivity index (χ2v) is 5.93. The minimum Gasteiger partial charge on any atom is -0.206 e. The average Bonchev–Trinajstić information content (AvgIpc) is 2.48. The zero-order valence-electron chi connectivity index (χ0n) is 6.80. The fraction of sp³-hybridized carbons (Fsp3) is 0.111. The molecule has 0 aliphatic rings. The Morgan fingerprint density at radius 2 is 2.15 bits per heavy atom. The molecule has 0 fully saturated rings. The molecule has 0 saturated carbocycles. The Balaban J connectivity index is 2.70. The van der Waals surface area contributed by atoms with E-state index in [0.717, 1.165) is 10.1 Å². The Morgan fingerprint density at radius 3 is 2.85 bits per heavy atom. The van der Waals surface area contributed by atoms with Crippen LogP contribution in [0, 0.1) is 9.39 Å². The van der Waals surface area contributed by atoms with Crippen LogP contribution in [0.4, 0.5) is 4.39 Å². The molecule has 0 radical (unpaired) electrons. The van der Waals surface area contributed by atoms with Crippen molar-refractivity contribution in [1.82, 2.24) is 0 Å². The molecule has 0 atom stereocenters. The summed E-state index contributed by atoms with van der Waals surface area (Å²) in [5.74, 6) is -0.126. The van der Waals surface area contributed by atoms with E-state index in [2.05, 4.69) is 0 Å². The number of halogens is 2. The first-order valence-electron chi connectivity index (χ1n) is 3.63. The average molecular weight is 324 g/mol. The molecule has 0 nitrogen and oxygen atoms in total. The summed E-state index contributed by atoms with van der Waals surface area (Å²) in [6.45, 7) is 0. The van der Waals surface area contributed by atoms with E-state index >= 15 is 0 Å². The van der Waals surface area contributed by atoms with E-state index in [-0.39, 0.29) is 5.82 Å². The van der Waals surface area contributed by atoms with Crippen LogP contribution in [0.2, 0.25) is 0 Å². The lowest BCUT2D eigenvalue weighted by Crippen LogP contribution is -1.78. The van der Waals surface area contributed by atoms with Gasteiger partial charge < -0.3 is 0 Å². The second kappa shape index (κ2) is 3.74. The van der Waals surface area contributed by atoms with Crippen LogP contribution < -0.4 is 0 Å². The monoisotopic (exact) mass is 324 g/mol. The Morgan fingerprint density at radius 1 is 1.38 bits per heavy atom. The zero-order valence-corrected chi connectivity index (χ0v) is 10.6. The lowest BCUT2D eigenvalue weighted by Gasteiger charge is -1.92. The van der Waals surface area contributed by atoms with Crippen LogP contribution >= 0.6 is 45.7 Å². The molecule has 0 spiro atoms. The number of rotatable bonds is 1. The van der Waals surface area contributed by atoms with Gasteiger partial charge in [-0.1, -0.05) is 0 Å². The van der Waals surface area contributed by atoms with Crippen molar-refractivity contribution in [2.24, 2.45) is 0 Å². The van der Waals surface area contributed by atoms with Crippen molar-refractivity contribution in [3.63, 3.8) is 0 Å². The third-order valence-electron chi connectivity index (χ3n) is 1.74. The molecule has 0 unspecified atom stereocenters. The highest BCUT2D eigenvalue weighted by atomic mass is 127. The van der Waals surface area contributed by atoms with Gasteiger partial charge in [-0.3, -0.25) is 0 Å². The van der Waals surface area contributed by atoms with Crippen LogP contribution in [-0.4, -0.2) is 6.26 Å². The fourth-order valence-corrected chi connectivity index (χ4v) is 3.45. The first-order valence-corrected chi connectivity index (χ1v) is 6.75. The van der Waals surface area contributed by atoms with Crippen molar-refractivity contribution >= 4 is 55.8 Å². The van der Waals surface area contributed by atoms with Gasteiger partial charge in [-0.2, -0.15) is 0 Å². The lowest BCUT2D eigenvalue weighted by molar-refractivity contribution is 0.622. The summed E-state index contributed by atoms with van der Waals surface area (Å²) in [5.41, 5.74) is 0. The first kappa shape index (κ1) is 9.73. The van der Waals surface area contributed by atoms with Gasteiger partial charge in [0, 0.05) is 4.70 Å². The van der Waals surface area contributed by atoms with Gasteiger partial charge >= 0.3 is 0 Å². The fourth-order valence-electron chi connectivity index (χ4n) is 1.11. The number of hydrogen-bond donors (Lipinski definition) is 0. The van der Waals surface area contributed by atoms with Crippen LogP contribution in [0.15, 0.2) is 22.4 Å². The van der Waals surface area contributed by atoms with Crippen molar-refractivity contribution in [2.75, 3.05) is 6.26 Å². The number of hydrogen-bond acceptors (Lipinski definition) is 2. The molecule has 1 aromatic heterocycles. The minimum atomic E-state index is -0.126. The van der Waals surface area contributed by atoms with Crippen molar-refractivity contribution < 1.29 is 4.39 Å². The molecule has 1 aromatic carbocycles. The van der Waals surface area contributed by atoms with Crippen molar-refractivity contribution in [2.45, 2.75) is 4.21 Å². The minimum absolute atomic E-state index is 0.126. The maximum Gasteiger partial charge on any atom is 0.137 e. The molecule has 0 bridgehead atoms. The van der Waals surface area contributed by atoms with E-state index in [4.69, 9.17) is 0 Å². The molecule has 1 heterocycles. The van der Waals surface area contributed by atoms with Gasteiger partial charge in [-0.05, 0) is 52.4 Å². The van der Waals surface area contributed by atoms with E-state index in [1.54, 1.807) is 29.2 Å². The van der Waals surface area contributed by atoms with Gasteiger partial charge in [0.1, 0.15) is 5.82 Å². The molecule has 0 aliphatic carbocycles. The summed E-state index contributed by atoms with van der Waals surface area (Å²) in [4.78, 5) is 0. The van der Waals surface area contributed by atoms with Crippen molar-refractivity contribution in [3.8, 4) is 0 Å². The summed E-state index contributed by atoms with van der Waals surface area (Å²) in [6.07, 6.45) is 2.03. The van der Waals surface area contributed by atoms with Crippen molar-refractivity contribution in [1.29, 1.82) is 0 Å². The van der Waals surface area contributed by atoms with E-state index in [0.29, 0.717) is 3.57 Å². The highest BCUT2D eigenvalue weighted by Crippen LogP contribution is 2.33. The molecule has 0 amide bonds. The third kappa shape index (κ3) is 1.85. The van der Waals surface area contributed by atoms with Gasteiger partial charge in [0.2, 0.25) is 0 Å². The first-order chi connectivity index (χ1) is 6.20. The summed E-state index contributed by atoms with van der Waals surface area (Å²) in [7, 11) is 0. The Kier molecular flexibility index (Phi) is 2.80. The standard InChI is InChI=1S/C9H6FIS2/c1-12-9-3-5-2-6(10)7(11)4-8(5)13-9/h2-4H,1H3. The summed E-state index contributed by atoms with van der Waals surface area (Å²) < 4.78 is 16.2. The molecule has 4 heteroatoms. The number of benzene rings is 1. The Labute approximate surface area is 97.7 Å². The van der Waals surface area contributed by atoms with Gasteiger partial charge in [-0.25, -0.2) is 4.39 Å². The van der Waals surface area contributed by atoms with E-state index < -0.39 is 0 Å². The smallest absolute Gasteiger partial charge is 0.137 e. The topological polar surface area (TPSA) is 0 Å². The van der Waals surface area contributed by atoms with Gasteiger partial charge in [0.05, 0.1) is 7.78 Å². The molecule has 2 rings (SSSR count). The third-order valence-corrected chi connectivity index (χ3v) is 4.73. The molecule has 0 aliphatic heterocycles. The number of fused-ring (bicyclic) bond motifs is 1. The maximum absolute atomic E-state index is 13.2. The highest BCUT2D eigenvalue weighted by Gasteiger charge is 2.05. The molecule has 0 saturated heterocycles. The van der Waals surface area contributed by atoms with Gasteiger partial charge in [0.25, 0.3) is 0 Å². The zero-order chi connectivity index (χ0) is 9.42. The molecular formula is C9H6FIS2. The highest BCUT2D eigenvalue weighted by molar-refractivity contribution is 14.1. The molecule has 68 valence electrons. The largest absolute Gasteiger partial charge is 0.206 e. The van der Waals surface area contributed by atoms with Crippen LogP contribution in [0.3, 0.4) is 0 Å². The predicted octanol–water partition coefficient (Wildman–Crippen LogP) is 4.37. The number of thiophene rings is 1. The Bertz CT molecular complexity index is 411. The van der Waals surface area contributed by atoms with Crippen molar-refractivity contribution in [3.05, 3.63) is 27.6 Å².